The van der Waals surface area contributed by atoms with Crippen LogP contribution in [0.25, 0.3) is 21.3 Å². The number of amides is 4. The van der Waals surface area contributed by atoms with Crippen molar-refractivity contribution in [3.8, 4) is 16.5 Å². The van der Waals surface area contributed by atoms with Gasteiger partial charge >= 0.3 is 0 Å². The summed E-state index contributed by atoms with van der Waals surface area (Å²) in [6.07, 6.45) is 0.293. The number of likely N-dealkylation sites (tertiary alicyclic amines) is 1. The van der Waals surface area contributed by atoms with Crippen molar-refractivity contribution < 1.29 is 52.8 Å². The first-order chi connectivity index (χ1) is 38.9. The summed E-state index contributed by atoms with van der Waals surface area (Å²) >= 11 is 1.57. The van der Waals surface area contributed by atoms with E-state index in [1.807, 2.05) is 68.4 Å². The number of nitrogens with zero attached hydrogens (tertiary/aromatic N) is 5. The molecule has 0 spiro atoms. The number of benzene rings is 3. The molecule has 434 valence electrons. The summed E-state index contributed by atoms with van der Waals surface area (Å²) in [5, 5.41) is 26.7. The number of aliphatic hydroxyl groups excluding tert-OH is 1. The van der Waals surface area contributed by atoms with Crippen LogP contribution in [0.5, 0.6) is 0 Å². The zero-order valence-electron chi connectivity index (χ0n) is 47.8. The summed E-state index contributed by atoms with van der Waals surface area (Å²) in [4.78, 5) is 82.2. The number of fused-ring (bicyclic) bond motifs is 4. The Bertz CT molecular complexity index is 3060. The molecule has 4 heterocycles. The quantitative estimate of drug-likeness (QED) is 0.0450. The largest absolute Gasteiger partial charge is 0.391 e. The molecule has 20 heteroatoms. The van der Waals surface area contributed by atoms with Crippen LogP contribution in [-0.2, 0) is 61.2 Å². The molecule has 1 aliphatic carbocycles. The SMILES string of the molecule is CCc1cc2c(cc1N1CCN(C(=O)CCOCCOCCOCCOCCOCCC(=O)NC(C(=O)N3C[C@H](O)C[C@H]3C(=O)NCc3ccc(-c4scnc4C)cc3)C(C)(C)C)CC1)C(C)(C)c1[nH]c3cc(C#N)ccc3c1C2=O. The Balaban J connectivity index is 0.638. The third kappa shape index (κ3) is 14.7. The highest BCUT2D eigenvalue weighted by atomic mass is 32.1. The van der Waals surface area contributed by atoms with Crippen molar-refractivity contribution in [3.05, 3.63) is 105 Å². The van der Waals surface area contributed by atoms with Gasteiger partial charge in [0, 0.05) is 85.4 Å². The molecule has 0 radical (unpaired) electrons. The normalized spacial score (nSPS) is 17.2. The number of ether oxygens (including phenoxy) is 5. The number of carbonyl (C=O) groups excluding carboxylic acids is 5. The first-order valence-corrected chi connectivity index (χ1v) is 29.0. The number of carbonyl (C=O) groups is 5. The summed E-state index contributed by atoms with van der Waals surface area (Å²) in [5.74, 6) is -1.12. The Morgan fingerprint density at radius 3 is 2.10 bits per heavy atom. The van der Waals surface area contributed by atoms with E-state index in [0.29, 0.717) is 90.2 Å². The molecule has 19 nitrogen and oxygen atoms in total. The van der Waals surface area contributed by atoms with Gasteiger partial charge < -0.3 is 59.1 Å². The van der Waals surface area contributed by atoms with Crippen molar-refractivity contribution in [1.82, 2.24) is 30.4 Å². The number of hydrogen-bond acceptors (Lipinski definition) is 15. The van der Waals surface area contributed by atoms with E-state index < -0.39 is 34.9 Å². The maximum absolute atomic E-state index is 14.1. The van der Waals surface area contributed by atoms with Crippen LogP contribution >= 0.6 is 11.3 Å². The summed E-state index contributed by atoms with van der Waals surface area (Å²) in [6, 6.07) is 17.9. The van der Waals surface area contributed by atoms with E-state index in [0.717, 1.165) is 67.1 Å². The molecular formula is C61H78N8O11S. The smallest absolute Gasteiger partial charge is 0.246 e. The summed E-state index contributed by atoms with van der Waals surface area (Å²) in [7, 11) is 0. The van der Waals surface area contributed by atoms with Gasteiger partial charge in [-0.2, -0.15) is 5.26 Å². The van der Waals surface area contributed by atoms with E-state index in [2.05, 4.69) is 64.5 Å². The Morgan fingerprint density at radius 1 is 0.877 bits per heavy atom. The highest BCUT2D eigenvalue weighted by molar-refractivity contribution is 7.13. The molecule has 3 aliphatic rings. The number of aromatic nitrogens is 2. The van der Waals surface area contributed by atoms with E-state index in [9.17, 15) is 34.3 Å². The number of β-amino-alcohol motifs (C(OH)–C–C–N with tert-alkyl or cyclic N) is 1. The van der Waals surface area contributed by atoms with Crippen LogP contribution in [0.4, 0.5) is 5.69 Å². The van der Waals surface area contributed by atoms with Gasteiger partial charge in [0.15, 0.2) is 5.78 Å². The fourth-order valence-corrected chi connectivity index (χ4v) is 11.6. The number of H-pyrrole nitrogens is 1. The van der Waals surface area contributed by atoms with Gasteiger partial charge in [0.2, 0.25) is 23.6 Å². The molecule has 81 heavy (non-hydrogen) atoms. The highest BCUT2D eigenvalue weighted by Crippen LogP contribution is 2.46. The van der Waals surface area contributed by atoms with Crippen LogP contribution in [0.2, 0.25) is 0 Å². The molecule has 3 atom stereocenters. The van der Waals surface area contributed by atoms with Crippen molar-refractivity contribution in [3.63, 3.8) is 0 Å². The predicted octanol–water partition coefficient (Wildman–Crippen LogP) is 6.23. The molecule has 2 aliphatic heterocycles. The average Bonchev–Trinajstić information content (AvgIpc) is 3.01. The number of aliphatic hydroxyl groups is 1. The second-order valence-corrected chi connectivity index (χ2v) is 23.3. The monoisotopic (exact) mass is 1130 g/mol. The minimum atomic E-state index is -0.937. The molecule has 8 rings (SSSR count). The van der Waals surface area contributed by atoms with Gasteiger partial charge in [-0.3, -0.25) is 24.0 Å². The third-order valence-electron chi connectivity index (χ3n) is 15.4. The van der Waals surface area contributed by atoms with Crippen LogP contribution in [0, 0.1) is 23.7 Å². The molecule has 1 unspecified atom stereocenters. The number of rotatable bonds is 26. The van der Waals surface area contributed by atoms with Crippen LogP contribution in [-0.4, -0.2) is 171 Å². The topological polar surface area (TPSA) is 238 Å². The maximum atomic E-state index is 14.1. The lowest BCUT2D eigenvalue weighted by Crippen LogP contribution is -2.57. The van der Waals surface area contributed by atoms with Crippen LogP contribution < -0.4 is 15.5 Å². The molecule has 4 N–H and O–H groups in total. The van der Waals surface area contributed by atoms with Gasteiger partial charge in [0.05, 0.1) is 112 Å². The fourth-order valence-electron chi connectivity index (χ4n) is 10.8. The number of nitriles is 1. The first-order valence-electron chi connectivity index (χ1n) is 28.1. The van der Waals surface area contributed by atoms with Crippen molar-refractivity contribution >= 4 is 57.3 Å². The van der Waals surface area contributed by atoms with Crippen LogP contribution in [0.15, 0.2) is 60.1 Å². The number of hydrogen-bond donors (Lipinski definition) is 4. The molecule has 0 bridgehead atoms. The summed E-state index contributed by atoms with van der Waals surface area (Å²) in [5.41, 5.74) is 10.3. The lowest BCUT2D eigenvalue weighted by atomic mass is 9.70. The standard InChI is InChI=1S/C61H78N8O11S/c1-8-42-32-46-47(61(6,7)56-53(54(46)73)45-14-11-41(35-62)31-48(45)65-56)34-49(42)67-17-19-68(20-18-67)52(72)16-22-77-24-26-79-28-30-80-29-27-78-25-23-76-21-15-51(71)66-57(60(3,4)5)59(75)69-37-44(70)33-50(69)58(74)63-36-40-9-12-43(13-10-40)55-39(2)64-38-81-55/h9-14,31-32,34,38,44,50,57,65,70H,8,15-30,33,36-37H2,1-7H3,(H,63,74)(H,66,71)/t44-,50+,57?/m1/s1. The van der Waals surface area contributed by atoms with E-state index in [1.54, 1.807) is 23.5 Å². The Kier molecular flexibility index (Phi) is 20.5. The van der Waals surface area contributed by atoms with E-state index in [-0.39, 0.29) is 69.1 Å². The number of aromatic amines is 1. The number of nitrogens with one attached hydrogen (secondary N) is 3. The zero-order chi connectivity index (χ0) is 57.8. The molecular weight excluding hydrogens is 1050 g/mol. The lowest BCUT2D eigenvalue weighted by molar-refractivity contribution is -0.144. The fraction of sp³-hybridized carbons (Fsp3) is 0.525. The van der Waals surface area contributed by atoms with Gasteiger partial charge in [-0.25, -0.2) is 4.98 Å². The zero-order valence-corrected chi connectivity index (χ0v) is 48.6. The van der Waals surface area contributed by atoms with Crippen molar-refractivity contribution in [2.75, 3.05) is 104 Å². The highest BCUT2D eigenvalue weighted by Gasteiger charge is 2.45. The van der Waals surface area contributed by atoms with Crippen molar-refractivity contribution in [1.29, 1.82) is 5.26 Å². The van der Waals surface area contributed by atoms with E-state index in [4.69, 9.17) is 23.7 Å². The van der Waals surface area contributed by atoms with Gasteiger partial charge in [-0.05, 0) is 65.3 Å². The van der Waals surface area contributed by atoms with Crippen LogP contribution in [0.3, 0.4) is 0 Å². The molecule has 3 aromatic carbocycles. The van der Waals surface area contributed by atoms with E-state index in [1.165, 1.54) is 4.90 Å². The Morgan fingerprint density at radius 2 is 1.51 bits per heavy atom. The van der Waals surface area contributed by atoms with Gasteiger partial charge in [0.1, 0.15) is 12.1 Å². The molecule has 2 fully saturated rings. The molecule has 2 saturated heterocycles. The number of aryl methyl sites for hydroxylation is 2. The average molecular weight is 1130 g/mol. The third-order valence-corrected chi connectivity index (χ3v) is 16.4. The Labute approximate surface area is 478 Å². The molecule has 0 saturated carbocycles. The van der Waals surface area contributed by atoms with Crippen LogP contribution in [0.1, 0.15) is 110 Å². The van der Waals surface area contributed by atoms with Crippen molar-refractivity contribution in [2.45, 2.75) is 104 Å². The molecule has 4 amide bonds. The van der Waals surface area contributed by atoms with Gasteiger partial charge in [-0.15, -0.1) is 11.3 Å². The molecule has 2 aromatic heterocycles. The maximum Gasteiger partial charge on any atom is 0.246 e. The number of anilines is 1. The summed E-state index contributed by atoms with van der Waals surface area (Å²) in [6.45, 7) is 19.9. The number of ketones is 1. The second-order valence-electron chi connectivity index (χ2n) is 22.5. The Hall–Kier alpha value is -6.57. The first kappa shape index (κ1) is 60.5. The minimum absolute atomic E-state index is 0.00288. The van der Waals surface area contributed by atoms with E-state index >= 15 is 0 Å². The predicted molar refractivity (Wildman–Crippen MR) is 308 cm³/mol. The lowest BCUT2D eigenvalue weighted by Gasteiger charge is -2.39. The second kappa shape index (κ2) is 27.5. The van der Waals surface area contributed by atoms with Gasteiger partial charge in [0.25, 0.3) is 0 Å². The van der Waals surface area contributed by atoms with Gasteiger partial charge in [-0.1, -0.05) is 71.9 Å². The molecule has 5 aromatic rings. The number of piperazine rings is 1. The van der Waals surface area contributed by atoms with Crippen molar-refractivity contribution in [2.24, 2.45) is 5.41 Å². The summed E-state index contributed by atoms with van der Waals surface area (Å²) < 4.78 is 28.1. The number of thiazole rings is 1. The minimum Gasteiger partial charge on any atom is -0.391 e.